The van der Waals surface area contributed by atoms with E-state index in [0.29, 0.717) is 5.82 Å². The minimum Gasteiger partial charge on any atom is -0.383 e. The highest BCUT2D eigenvalue weighted by Crippen LogP contribution is 2.14. The third-order valence-corrected chi connectivity index (χ3v) is 2.49. The summed E-state index contributed by atoms with van der Waals surface area (Å²) in [5, 5.41) is 0. The van der Waals surface area contributed by atoms with E-state index in [0.717, 1.165) is 15.1 Å². The Bertz CT molecular complexity index is 236. The second kappa shape index (κ2) is 2.69. The zero-order chi connectivity index (χ0) is 7.72. The first-order valence-electron chi connectivity index (χ1n) is 2.87. The molecular weight excluding hydrogens is 241 g/mol. The molecule has 0 amide bonds. The zero-order valence-corrected chi connectivity index (χ0v) is 8.01. The van der Waals surface area contributed by atoms with Gasteiger partial charge in [-0.3, -0.25) is 0 Å². The first-order valence-corrected chi connectivity index (χ1v) is 3.95. The fourth-order valence-electron chi connectivity index (χ4n) is 0.726. The number of halogens is 1. The van der Waals surface area contributed by atoms with Gasteiger partial charge in [-0.05, 0) is 36.4 Å². The molecule has 1 aromatic heterocycles. The number of rotatable bonds is 0. The van der Waals surface area contributed by atoms with Crippen molar-refractivity contribution in [2.45, 2.75) is 13.8 Å². The van der Waals surface area contributed by atoms with Crippen molar-refractivity contribution >= 4 is 28.4 Å². The molecule has 0 spiro atoms. The van der Waals surface area contributed by atoms with Crippen molar-refractivity contribution in [1.29, 1.82) is 0 Å². The molecule has 0 radical (unpaired) electrons. The molecule has 0 saturated carbocycles. The number of hydrogen-bond donors (Lipinski definition) is 1. The van der Waals surface area contributed by atoms with Gasteiger partial charge in [0.2, 0.25) is 0 Å². The molecule has 0 bridgehead atoms. The van der Waals surface area contributed by atoms with E-state index in [1.54, 1.807) is 0 Å². The molecule has 0 unspecified atom stereocenters. The highest BCUT2D eigenvalue weighted by atomic mass is 127. The fourth-order valence-corrected chi connectivity index (χ4v) is 0.967. The van der Waals surface area contributed by atoms with E-state index in [9.17, 15) is 0 Å². The van der Waals surface area contributed by atoms with Crippen molar-refractivity contribution in [2.24, 2.45) is 0 Å². The van der Waals surface area contributed by atoms with Crippen LogP contribution in [0, 0.1) is 17.4 Å². The van der Waals surface area contributed by atoms with Gasteiger partial charge in [-0.25, -0.2) is 9.97 Å². The Morgan fingerprint density at radius 1 is 1.30 bits per heavy atom. The predicted molar refractivity (Wildman–Crippen MR) is 48.6 cm³/mol. The highest BCUT2D eigenvalue weighted by Gasteiger charge is 2.01. The van der Waals surface area contributed by atoms with Crippen LogP contribution in [0.3, 0.4) is 0 Å². The maximum absolute atomic E-state index is 5.56. The Hall–Kier alpha value is -0.390. The van der Waals surface area contributed by atoms with Gasteiger partial charge in [-0.2, -0.15) is 0 Å². The summed E-state index contributed by atoms with van der Waals surface area (Å²) in [7, 11) is 0. The largest absolute Gasteiger partial charge is 0.383 e. The van der Waals surface area contributed by atoms with Gasteiger partial charge in [0.15, 0.2) is 0 Å². The summed E-state index contributed by atoms with van der Waals surface area (Å²) in [6.07, 6.45) is 0. The molecule has 1 aromatic rings. The lowest BCUT2D eigenvalue weighted by Gasteiger charge is -2.00. The van der Waals surface area contributed by atoms with Crippen molar-refractivity contribution in [3.8, 4) is 0 Å². The Labute approximate surface area is 73.2 Å². The Balaban J connectivity index is 3.31. The number of anilines is 1. The molecule has 3 nitrogen and oxygen atoms in total. The number of aromatic nitrogens is 2. The van der Waals surface area contributed by atoms with Crippen LogP contribution < -0.4 is 5.73 Å². The van der Waals surface area contributed by atoms with Gasteiger partial charge in [-0.15, -0.1) is 0 Å². The Morgan fingerprint density at radius 3 is 2.40 bits per heavy atom. The molecule has 0 atom stereocenters. The second-order valence-corrected chi connectivity index (χ2v) is 3.13. The summed E-state index contributed by atoms with van der Waals surface area (Å²) in [6.45, 7) is 3.76. The summed E-state index contributed by atoms with van der Waals surface area (Å²) < 4.78 is 0.947. The Morgan fingerprint density at radius 2 is 1.90 bits per heavy atom. The summed E-state index contributed by atoms with van der Waals surface area (Å²) >= 11 is 2.14. The van der Waals surface area contributed by atoms with Crippen molar-refractivity contribution in [2.75, 3.05) is 5.73 Å². The van der Waals surface area contributed by atoms with Crippen molar-refractivity contribution < 1.29 is 0 Å². The summed E-state index contributed by atoms with van der Waals surface area (Å²) in [5.74, 6) is 1.31. The summed E-state index contributed by atoms with van der Waals surface area (Å²) in [6, 6.07) is 0. The summed E-state index contributed by atoms with van der Waals surface area (Å²) in [4.78, 5) is 8.13. The molecule has 10 heavy (non-hydrogen) atoms. The predicted octanol–water partition coefficient (Wildman–Crippen LogP) is 1.28. The topological polar surface area (TPSA) is 51.8 Å². The van der Waals surface area contributed by atoms with Gasteiger partial charge in [0.25, 0.3) is 0 Å². The lowest BCUT2D eigenvalue weighted by molar-refractivity contribution is 1.01. The standard InChI is InChI=1S/C6H8IN3/c1-3-5(7)6(8)10-4(2)9-3/h1-2H3,(H2,8,9,10). The van der Waals surface area contributed by atoms with Gasteiger partial charge < -0.3 is 5.73 Å². The molecule has 0 aliphatic rings. The molecule has 0 aromatic carbocycles. The average molecular weight is 249 g/mol. The SMILES string of the molecule is Cc1nc(C)c(I)c(N)n1. The van der Waals surface area contributed by atoms with Gasteiger partial charge in [0.1, 0.15) is 11.6 Å². The monoisotopic (exact) mass is 249 g/mol. The molecular formula is C6H8IN3. The maximum atomic E-state index is 5.56. The minimum atomic E-state index is 0.575. The van der Waals surface area contributed by atoms with E-state index in [1.807, 2.05) is 13.8 Å². The van der Waals surface area contributed by atoms with Gasteiger partial charge in [0, 0.05) is 0 Å². The van der Waals surface area contributed by atoms with Gasteiger partial charge >= 0.3 is 0 Å². The first kappa shape index (κ1) is 7.71. The molecule has 54 valence electrons. The van der Waals surface area contributed by atoms with Crippen LogP contribution in [0.2, 0.25) is 0 Å². The van der Waals surface area contributed by atoms with E-state index in [2.05, 4.69) is 32.6 Å². The van der Waals surface area contributed by atoms with E-state index >= 15 is 0 Å². The van der Waals surface area contributed by atoms with Crippen molar-refractivity contribution in [3.63, 3.8) is 0 Å². The normalized spacial score (nSPS) is 9.90. The van der Waals surface area contributed by atoms with Crippen LogP contribution in [0.5, 0.6) is 0 Å². The molecule has 1 rings (SSSR count). The van der Waals surface area contributed by atoms with E-state index < -0.39 is 0 Å². The van der Waals surface area contributed by atoms with Crippen LogP contribution in [-0.4, -0.2) is 9.97 Å². The Kier molecular flexibility index (Phi) is 2.08. The van der Waals surface area contributed by atoms with Crippen LogP contribution in [0.1, 0.15) is 11.5 Å². The molecule has 0 saturated heterocycles. The third-order valence-electron chi connectivity index (χ3n) is 1.15. The number of hydrogen-bond acceptors (Lipinski definition) is 3. The smallest absolute Gasteiger partial charge is 0.140 e. The van der Waals surface area contributed by atoms with E-state index in [1.165, 1.54) is 0 Å². The minimum absolute atomic E-state index is 0.575. The lowest BCUT2D eigenvalue weighted by atomic mass is 10.4. The van der Waals surface area contributed by atoms with Crippen LogP contribution in [0.4, 0.5) is 5.82 Å². The molecule has 1 heterocycles. The molecule has 0 fully saturated rings. The van der Waals surface area contributed by atoms with E-state index in [4.69, 9.17) is 5.73 Å². The van der Waals surface area contributed by atoms with Crippen molar-refractivity contribution in [1.82, 2.24) is 9.97 Å². The lowest BCUT2D eigenvalue weighted by Crippen LogP contribution is -2.01. The maximum Gasteiger partial charge on any atom is 0.140 e. The number of nitrogens with two attached hydrogens (primary N) is 1. The van der Waals surface area contributed by atoms with Gasteiger partial charge in [0.05, 0.1) is 9.26 Å². The van der Waals surface area contributed by atoms with Crippen LogP contribution >= 0.6 is 22.6 Å². The highest BCUT2D eigenvalue weighted by molar-refractivity contribution is 14.1. The number of nitrogen functional groups attached to an aromatic ring is 1. The number of nitrogens with zero attached hydrogens (tertiary/aromatic N) is 2. The van der Waals surface area contributed by atoms with Gasteiger partial charge in [-0.1, -0.05) is 0 Å². The van der Waals surface area contributed by atoms with Crippen LogP contribution in [-0.2, 0) is 0 Å². The van der Waals surface area contributed by atoms with E-state index in [-0.39, 0.29) is 0 Å². The van der Waals surface area contributed by atoms with Crippen molar-refractivity contribution in [3.05, 3.63) is 15.1 Å². The quantitative estimate of drug-likeness (QED) is 0.704. The van der Waals surface area contributed by atoms with Crippen LogP contribution in [0.25, 0.3) is 0 Å². The zero-order valence-electron chi connectivity index (χ0n) is 5.85. The fraction of sp³-hybridized carbons (Fsp3) is 0.333. The average Bonchev–Trinajstić information content (AvgIpc) is 1.82. The van der Waals surface area contributed by atoms with Crippen LogP contribution in [0.15, 0.2) is 0 Å². The molecule has 4 heteroatoms. The molecule has 0 aliphatic carbocycles. The summed E-state index contributed by atoms with van der Waals surface area (Å²) in [5.41, 5.74) is 6.51. The second-order valence-electron chi connectivity index (χ2n) is 2.06. The number of aryl methyl sites for hydroxylation is 2. The molecule has 0 aliphatic heterocycles. The third kappa shape index (κ3) is 1.36. The first-order chi connectivity index (χ1) is 4.61. The molecule has 2 N–H and O–H groups in total.